The first-order valence-electron chi connectivity index (χ1n) is 6.27. The molecule has 3 N–H and O–H groups in total. The number of guanidine groups is 1. The summed E-state index contributed by atoms with van der Waals surface area (Å²) >= 11 is 1.77. The molecule has 0 spiro atoms. The monoisotopic (exact) mass is 296 g/mol. The van der Waals surface area contributed by atoms with E-state index in [1.165, 1.54) is 0 Å². The van der Waals surface area contributed by atoms with Crippen LogP contribution in [0, 0.1) is 18.4 Å². The van der Waals surface area contributed by atoms with Crippen LogP contribution in [0.15, 0.2) is 11.3 Å². The fourth-order valence-corrected chi connectivity index (χ4v) is 2.26. The van der Waals surface area contributed by atoms with Crippen molar-refractivity contribution in [2.45, 2.75) is 12.7 Å². The Kier molecular flexibility index (Phi) is 8.26. The van der Waals surface area contributed by atoms with Crippen LogP contribution < -0.4 is 10.6 Å². The topological polar surface area (TPSA) is 98.1 Å². The van der Waals surface area contributed by atoms with Gasteiger partial charge in [-0.2, -0.15) is 17.0 Å². The minimum absolute atomic E-state index is 0.489. The van der Waals surface area contributed by atoms with Crippen LogP contribution in [0.25, 0.3) is 0 Å². The number of aryl methyl sites for hydroxylation is 1. The van der Waals surface area contributed by atoms with Crippen molar-refractivity contribution in [2.75, 3.05) is 32.6 Å². The predicted molar refractivity (Wildman–Crippen MR) is 80.4 cm³/mol. The average Bonchev–Trinajstić information content (AvgIpc) is 2.84. The maximum Gasteiger partial charge on any atom is 0.204 e. The smallest absolute Gasteiger partial charge is 0.204 e. The van der Waals surface area contributed by atoms with Crippen molar-refractivity contribution in [1.82, 2.24) is 20.6 Å². The second kappa shape index (κ2) is 10.1. The lowest BCUT2D eigenvalue weighted by Crippen LogP contribution is -2.36. The van der Waals surface area contributed by atoms with Gasteiger partial charge in [-0.25, -0.2) is 4.98 Å². The van der Waals surface area contributed by atoms with Crippen LogP contribution in [0.1, 0.15) is 11.4 Å². The number of hydrogen-bond donors (Lipinski definition) is 3. The number of aromatic amines is 1. The number of nitrogens with one attached hydrogen (secondary N) is 3. The van der Waals surface area contributed by atoms with Gasteiger partial charge in [-0.15, -0.1) is 0 Å². The summed E-state index contributed by atoms with van der Waals surface area (Å²) in [5, 5.41) is 14.1. The normalized spacial score (nSPS) is 11.2. The third-order valence-corrected chi connectivity index (χ3v) is 3.42. The van der Waals surface area contributed by atoms with Crippen LogP contribution in [0.4, 0.5) is 0 Å². The molecule has 20 heavy (non-hydrogen) atoms. The van der Waals surface area contributed by atoms with E-state index in [4.69, 9.17) is 10.00 Å². The zero-order chi connectivity index (χ0) is 14.6. The molecule has 0 aliphatic carbocycles. The van der Waals surface area contributed by atoms with E-state index in [0.29, 0.717) is 25.7 Å². The van der Waals surface area contributed by atoms with Crippen LogP contribution >= 0.6 is 11.8 Å². The van der Waals surface area contributed by atoms with Crippen LogP contribution in [0.5, 0.6) is 0 Å². The molecule has 0 saturated carbocycles. The van der Waals surface area contributed by atoms with Gasteiger partial charge in [0.1, 0.15) is 0 Å². The summed E-state index contributed by atoms with van der Waals surface area (Å²) < 4.78 is 4.92. The molecule has 0 saturated heterocycles. The number of aromatic nitrogens is 2. The molecule has 0 unspecified atom stereocenters. The Bertz CT molecular complexity index is 453. The molecule has 0 fully saturated rings. The van der Waals surface area contributed by atoms with Gasteiger partial charge in [0.25, 0.3) is 0 Å². The zero-order valence-corrected chi connectivity index (χ0v) is 12.6. The highest BCUT2D eigenvalue weighted by atomic mass is 32.2. The van der Waals surface area contributed by atoms with E-state index in [9.17, 15) is 0 Å². The number of H-pyrrole nitrogens is 1. The second-order valence-electron chi connectivity index (χ2n) is 3.91. The summed E-state index contributed by atoms with van der Waals surface area (Å²) in [4.78, 5) is 11.6. The Morgan fingerprint density at radius 3 is 3.15 bits per heavy atom. The van der Waals surface area contributed by atoms with Gasteiger partial charge in [0.05, 0.1) is 25.2 Å². The lowest BCUT2D eigenvalue weighted by Gasteiger charge is -2.07. The van der Waals surface area contributed by atoms with Crippen molar-refractivity contribution >= 4 is 17.7 Å². The van der Waals surface area contributed by atoms with Crippen LogP contribution in [-0.4, -0.2) is 48.5 Å². The van der Waals surface area contributed by atoms with E-state index < -0.39 is 0 Å². The van der Waals surface area contributed by atoms with Gasteiger partial charge in [-0.05, 0) is 6.92 Å². The number of thioether (sulfide) groups is 1. The Labute approximate surface area is 123 Å². The van der Waals surface area contributed by atoms with Gasteiger partial charge < -0.3 is 15.0 Å². The average molecular weight is 296 g/mol. The summed E-state index contributed by atoms with van der Waals surface area (Å²) in [7, 11) is 1.63. The standard InChI is InChI=1S/C12H20N6OS/c1-10-11(18-9-17-10)7-20-6-4-15-12(16-8-13)14-3-5-19-2/h9H,3-7H2,1-2H3,(H,17,18)(H2,14,15,16). The van der Waals surface area contributed by atoms with E-state index in [0.717, 1.165) is 22.9 Å². The molecule has 0 atom stereocenters. The molecular weight excluding hydrogens is 276 g/mol. The number of hydrogen-bond acceptors (Lipinski definition) is 5. The van der Waals surface area contributed by atoms with Gasteiger partial charge in [0.2, 0.25) is 5.96 Å². The molecule has 1 heterocycles. The van der Waals surface area contributed by atoms with E-state index in [1.807, 2.05) is 13.1 Å². The van der Waals surface area contributed by atoms with Crippen LogP contribution in [0.2, 0.25) is 0 Å². The van der Waals surface area contributed by atoms with Gasteiger partial charge in [0, 0.05) is 30.9 Å². The number of methoxy groups -OCH3 is 1. The highest BCUT2D eigenvalue weighted by Crippen LogP contribution is 2.11. The SMILES string of the molecule is COCCN/C(=N/CCSCc1[nH]cnc1C)NC#N. The number of rotatable bonds is 8. The van der Waals surface area contributed by atoms with Gasteiger partial charge in [-0.3, -0.25) is 10.3 Å². The summed E-state index contributed by atoms with van der Waals surface area (Å²) in [6.07, 6.45) is 3.57. The first-order valence-corrected chi connectivity index (χ1v) is 7.42. The maximum atomic E-state index is 8.62. The van der Waals surface area contributed by atoms with E-state index in [1.54, 1.807) is 25.2 Å². The van der Waals surface area contributed by atoms with Gasteiger partial charge in [-0.1, -0.05) is 0 Å². The van der Waals surface area contributed by atoms with E-state index in [-0.39, 0.29) is 0 Å². The lowest BCUT2D eigenvalue weighted by molar-refractivity contribution is 0.203. The van der Waals surface area contributed by atoms with E-state index >= 15 is 0 Å². The molecule has 0 radical (unpaired) electrons. The highest BCUT2D eigenvalue weighted by molar-refractivity contribution is 7.98. The summed E-state index contributed by atoms with van der Waals surface area (Å²) in [5.74, 6) is 2.25. The Morgan fingerprint density at radius 1 is 1.65 bits per heavy atom. The molecule has 1 rings (SSSR count). The molecule has 0 aromatic carbocycles. The summed E-state index contributed by atoms with van der Waals surface area (Å²) in [6.45, 7) is 3.81. The van der Waals surface area contributed by atoms with Crippen LogP contribution in [-0.2, 0) is 10.5 Å². The van der Waals surface area contributed by atoms with Crippen molar-refractivity contribution in [1.29, 1.82) is 5.26 Å². The first-order chi connectivity index (χ1) is 9.77. The first kappa shape index (κ1) is 16.3. The van der Waals surface area contributed by atoms with Gasteiger partial charge in [0.15, 0.2) is 6.19 Å². The molecule has 0 bridgehead atoms. The van der Waals surface area contributed by atoms with Crippen molar-refractivity contribution in [3.63, 3.8) is 0 Å². The van der Waals surface area contributed by atoms with Crippen LogP contribution in [0.3, 0.4) is 0 Å². The zero-order valence-electron chi connectivity index (χ0n) is 11.8. The molecule has 0 aliphatic rings. The third kappa shape index (κ3) is 6.45. The second-order valence-corrected chi connectivity index (χ2v) is 5.01. The lowest BCUT2D eigenvalue weighted by atomic mass is 10.4. The Hall–Kier alpha value is -1.72. The van der Waals surface area contributed by atoms with Crippen molar-refractivity contribution in [3.05, 3.63) is 17.7 Å². The number of ether oxygens (including phenoxy) is 1. The molecule has 1 aromatic rings. The third-order valence-electron chi connectivity index (χ3n) is 2.46. The minimum atomic E-state index is 0.489. The number of imidazole rings is 1. The van der Waals surface area contributed by atoms with Crippen molar-refractivity contribution in [2.24, 2.45) is 4.99 Å². The highest BCUT2D eigenvalue weighted by Gasteiger charge is 2.00. The largest absolute Gasteiger partial charge is 0.383 e. The quantitative estimate of drug-likeness (QED) is 0.214. The van der Waals surface area contributed by atoms with Crippen molar-refractivity contribution in [3.8, 4) is 6.19 Å². The van der Waals surface area contributed by atoms with E-state index in [2.05, 4.69) is 25.6 Å². The Balaban J connectivity index is 2.22. The maximum absolute atomic E-state index is 8.62. The Morgan fingerprint density at radius 2 is 2.50 bits per heavy atom. The van der Waals surface area contributed by atoms with Crippen molar-refractivity contribution < 1.29 is 4.74 Å². The summed E-state index contributed by atoms with van der Waals surface area (Å²) in [6, 6.07) is 0. The predicted octanol–water partition coefficient (Wildman–Crippen LogP) is 0.614. The number of aliphatic imine (C=N–C) groups is 1. The minimum Gasteiger partial charge on any atom is -0.383 e. The molecule has 7 nitrogen and oxygen atoms in total. The molecule has 0 amide bonds. The number of nitrogens with zero attached hydrogens (tertiary/aromatic N) is 3. The summed E-state index contributed by atoms with van der Waals surface area (Å²) in [5.41, 5.74) is 2.18. The fraction of sp³-hybridized carbons (Fsp3) is 0.583. The molecular formula is C12H20N6OS. The fourth-order valence-electron chi connectivity index (χ4n) is 1.40. The van der Waals surface area contributed by atoms with Gasteiger partial charge >= 0.3 is 0 Å². The molecule has 1 aromatic heterocycles. The molecule has 8 heteroatoms. The molecule has 0 aliphatic heterocycles. The number of nitriles is 1. The molecule has 110 valence electrons.